The Bertz CT molecular complexity index is 2580. The number of aromatic nitrogens is 1. The Hall–Kier alpha value is -6.19. The highest BCUT2D eigenvalue weighted by Crippen LogP contribution is 2.53. The largest absolute Gasteiger partial charge is 0.435 e. The maximum atomic E-state index is 6.50. The zero-order valence-corrected chi connectivity index (χ0v) is 27.3. The molecule has 7 aromatic carbocycles. The Morgan fingerprint density at radius 3 is 2.00 bits per heavy atom. The van der Waals surface area contributed by atoms with Gasteiger partial charge in [-0.25, -0.2) is 4.98 Å². The molecule has 2 aliphatic rings. The van der Waals surface area contributed by atoms with Crippen LogP contribution >= 0.6 is 0 Å². The first-order valence-corrected chi connectivity index (χ1v) is 16.9. The number of hydrogen-bond donors (Lipinski definition) is 0. The van der Waals surface area contributed by atoms with Crippen molar-refractivity contribution in [3.63, 3.8) is 0 Å². The molecule has 2 aliphatic carbocycles. The van der Waals surface area contributed by atoms with E-state index in [-0.39, 0.29) is 5.41 Å². The van der Waals surface area contributed by atoms with Crippen LogP contribution in [-0.2, 0) is 5.41 Å². The molecule has 0 fully saturated rings. The van der Waals surface area contributed by atoms with E-state index >= 15 is 0 Å². The second kappa shape index (κ2) is 10.4. The molecule has 0 radical (unpaired) electrons. The van der Waals surface area contributed by atoms with Crippen molar-refractivity contribution in [3.05, 3.63) is 169 Å². The first kappa shape index (κ1) is 27.9. The van der Waals surface area contributed by atoms with Crippen molar-refractivity contribution in [1.82, 2.24) is 4.98 Å². The van der Waals surface area contributed by atoms with Crippen LogP contribution < -0.4 is 4.90 Å². The summed E-state index contributed by atoms with van der Waals surface area (Å²) >= 11 is 0. The van der Waals surface area contributed by atoms with Crippen molar-refractivity contribution in [3.8, 4) is 56.3 Å². The molecular weight excluding hydrogens is 597 g/mol. The molecule has 0 atom stereocenters. The second-order valence-corrected chi connectivity index (χ2v) is 13.6. The fraction of sp³-hybridized carbons (Fsp3) is 0.0652. The fourth-order valence-corrected chi connectivity index (χ4v) is 8.04. The van der Waals surface area contributed by atoms with Gasteiger partial charge in [0.1, 0.15) is 5.69 Å². The highest BCUT2D eigenvalue weighted by atomic mass is 16.4. The molecule has 0 spiro atoms. The molecule has 0 unspecified atom stereocenters. The molecule has 0 bridgehead atoms. The minimum Gasteiger partial charge on any atom is -0.435 e. The predicted octanol–water partition coefficient (Wildman–Crippen LogP) is 12.6. The molecule has 0 aliphatic heterocycles. The third kappa shape index (κ3) is 4.19. The molecule has 0 N–H and O–H groups in total. The maximum Gasteiger partial charge on any atom is 0.227 e. The number of oxazole rings is 1. The Kier molecular flexibility index (Phi) is 5.92. The SMILES string of the molecule is CC1(C)c2ccccc2-c2ccc(N(c3cccc(-c4ccccc4)c3)c3cc4c5c(cccc5c3)-c3oc(-c5ccccc5)nc3-4)cc21. The van der Waals surface area contributed by atoms with Gasteiger partial charge in [0.25, 0.3) is 0 Å². The molecule has 10 rings (SSSR count). The topological polar surface area (TPSA) is 29.3 Å². The number of anilines is 3. The van der Waals surface area contributed by atoms with Crippen molar-refractivity contribution < 1.29 is 4.42 Å². The van der Waals surface area contributed by atoms with Gasteiger partial charge in [-0.3, -0.25) is 0 Å². The molecule has 1 heterocycles. The summed E-state index contributed by atoms with van der Waals surface area (Å²) in [6.45, 7) is 4.69. The van der Waals surface area contributed by atoms with E-state index in [0.29, 0.717) is 5.89 Å². The summed E-state index contributed by atoms with van der Waals surface area (Å²) in [5.74, 6) is 1.48. The Labute approximate surface area is 285 Å². The van der Waals surface area contributed by atoms with Gasteiger partial charge in [-0.05, 0) is 87.3 Å². The van der Waals surface area contributed by atoms with E-state index in [1.54, 1.807) is 0 Å². The minimum absolute atomic E-state index is 0.116. The molecule has 0 saturated carbocycles. The van der Waals surface area contributed by atoms with Crippen LogP contribution in [0.3, 0.4) is 0 Å². The van der Waals surface area contributed by atoms with Gasteiger partial charge in [0.15, 0.2) is 5.76 Å². The summed E-state index contributed by atoms with van der Waals surface area (Å²) in [5, 5.41) is 2.35. The van der Waals surface area contributed by atoms with Crippen LogP contribution in [0.5, 0.6) is 0 Å². The van der Waals surface area contributed by atoms with Crippen LogP contribution in [0.2, 0.25) is 0 Å². The maximum absolute atomic E-state index is 6.50. The number of nitrogens with zero attached hydrogens (tertiary/aromatic N) is 2. The van der Waals surface area contributed by atoms with Gasteiger partial charge in [-0.1, -0.05) is 123 Å². The molecule has 0 saturated heterocycles. The van der Waals surface area contributed by atoms with Crippen molar-refractivity contribution in [2.24, 2.45) is 0 Å². The molecular formula is C46H32N2O. The summed E-state index contributed by atoms with van der Waals surface area (Å²) < 4.78 is 6.50. The van der Waals surface area contributed by atoms with Crippen LogP contribution in [0.25, 0.3) is 67.1 Å². The summed E-state index contributed by atoms with van der Waals surface area (Å²) in [5.41, 5.74) is 15.0. The van der Waals surface area contributed by atoms with Crippen LogP contribution in [0, 0.1) is 0 Å². The summed E-state index contributed by atoms with van der Waals surface area (Å²) in [6.07, 6.45) is 0. The molecule has 49 heavy (non-hydrogen) atoms. The van der Waals surface area contributed by atoms with Gasteiger partial charge in [0, 0.05) is 44.6 Å². The van der Waals surface area contributed by atoms with Gasteiger partial charge in [0.05, 0.1) is 0 Å². The molecule has 0 amide bonds. The lowest BCUT2D eigenvalue weighted by Gasteiger charge is -2.29. The quantitative estimate of drug-likeness (QED) is 0.190. The number of fused-ring (bicyclic) bond motifs is 6. The summed E-state index contributed by atoms with van der Waals surface area (Å²) in [7, 11) is 0. The van der Waals surface area contributed by atoms with E-state index in [1.165, 1.54) is 38.8 Å². The van der Waals surface area contributed by atoms with Gasteiger partial charge < -0.3 is 9.32 Å². The second-order valence-electron chi connectivity index (χ2n) is 13.6. The fourth-order valence-electron chi connectivity index (χ4n) is 8.04. The molecule has 232 valence electrons. The Balaban J connectivity index is 1.19. The third-order valence-corrected chi connectivity index (χ3v) is 10.4. The van der Waals surface area contributed by atoms with Crippen LogP contribution in [0.15, 0.2) is 162 Å². The standard InChI is InChI=1S/C46H32N2O/c1-46(2)40-22-10-9-20-36(40)37-24-23-34(28-41(37)46)48(33-19-11-17-31(25-33)29-13-5-3-6-14-29)35-26-32-18-12-21-38-42(32)39(27-35)43-44(38)49-45(47-43)30-15-7-4-8-16-30/h3-28H,1-2H3. The zero-order valence-electron chi connectivity index (χ0n) is 27.3. The molecule has 1 aromatic heterocycles. The third-order valence-electron chi connectivity index (χ3n) is 10.4. The Morgan fingerprint density at radius 2 is 1.16 bits per heavy atom. The summed E-state index contributed by atoms with van der Waals surface area (Å²) in [6, 6.07) is 56.6. The Morgan fingerprint density at radius 1 is 0.490 bits per heavy atom. The highest BCUT2D eigenvalue weighted by Gasteiger charge is 2.36. The molecule has 8 aromatic rings. The number of hydrogen-bond acceptors (Lipinski definition) is 3. The van der Waals surface area contributed by atoms with Crippen molar-refractivity contribution in [2.75, 3.05) is 4.90 Å². The van der Waals surface area contributed by atoms with E-state index in [4.69, 9.17) is 9.40 Å². The van der Waals surface area contributed by atoms with E-state index in [0.717, 1.165) is 50.6 Å². The zero-order chi connectivity index (χ0) is 32.7. The van der Waals surface area contributed by atoms with Gasteiger partial charge in [0.2, 0.25) is 5.89 Å². The minimum atomic E-state index is -0.116. The van der Waals surface area contributed by atoms with E-state index in [2.05, 4.69) is 146 Å². The number of rotatable bonds is 5. The van der Waals surface area contributed by atoms with Crippen LogP contribution in [0.4, 0.5) is 17.1 Å². The van der Waals surface area contributed by atoms with Crippen molar-refractivity contribution in [1.29, 1.82) is 0 Å². The van der Waals surface area contributed by atoms with Crippen molar-refractivity contribution in [2.45, 2.75) is 19.3 Å². The van der Waals surface area contributed by atoms with E-state index < -0.39 is 0 Å². The van der Waals surface area contributed by atoms with Crippen LogP contribution in [0.1, 0.15) is 25.0 Å². The first-order chi connectivity index (χ1) is 24.0. The number of benzene rings is 7. The highest BCUT2D eigenvalue weighted by molar-refractivity contribution is 6.15. The average Bonchev–Trinajstić information content (AvgIpc) is 3.79. The lowest BCUT2D eigenvalue weighted by molar-refractivity contribution is 0.590. The van der Waals surface area contributed by atoms with Crippen molar-refractivity contribution >= 4 is 27.8 Å². The smallest absolute Gasteiger partial charge is 0.227 e. The lowest BCUT2D eigenvalue weighted by Crippen LogP contribution is -2.16. The first-order valence-electron chi connectivity index (χ1n) is 16.9. The lowest BCUT2D eigenvalue weighted by atomic mass is 9.82. The monoisotopic (exact) mass is 628 g/mol. The average molecular weight is 629 g/mol. The van der Waals surface area contributed by atoms with E-state index in [1.807, 2.05) is 30.3 Å². The van der Waals surface area contributed by atoms with E-state index in [9.17, 15) is 0 Å². The van der Waals surface area contributed by atoms with Gasteiger partial charge in [-0.15, -0.1) is 0 Å². The summed E-state index contributed by atoms with van der Waals surface area (Å²) in [4.78, 5) is 7.51. The molecule has 3 heteroatoms. The van der Waals surface area contributed by atoms with Crippen LogP contribution in [-0.4, -0.2) is 4.98 Å². The predicted molar refractivity (Wildman–Crippen MR) is 202 cm³/mol. The normalized spacial score (nSPS) is 13.3. The van der Waals surface area contributed by atoms with Gasteiger partial charge in [-0.2, -0.15) is 0 Å². The van der Waals surface area contributed by atoms with Gasteiger partial charge >= 0.3 is 0 Å². The molecule has 3 nitrogen and oxygen atoms in total.